The van der Waals surface area contributed by atoms with Gasteiger partial charge < -0.3 is 10.1 Å². The number of pyridine rings is 1. The van der Waals surface area contributed by atoms with E-state index in [0.29, 0.717) is 29.8 Å². The van der Waals surface area contributed by atoms with Crippen LogP contribution < -0.4 is 10.1 Å². The first-order valence-electron chi connectivity index (χ1n) is 12.4. The van der Waals surface area contributed by atoms with E-state index in [2.05, 4.69) is 47.3 Å². The van der Waals surface area contributed by atoms with Crippen LogP contribution in [-0.4, -0.2) is 37.9 Å². The Balaban J connectivity index is 1.26. The van der Waals surface area contributed by atoms with Crippen molar-refractivity contribution in [3.05, 3.63) is 82.6 Å². The second kappa shape index (κ2) is 9.93. The Morgan fingerprint density at radius 1 is 1.16 bits per heavy atom. The molecule has 0 aliphatic heterocycles. The van der Waals surface area contributed by atoms with Crippen molar-refractivity contribution in [2.75, 3.05) is 18.1 Å². The molecule has 1 saturated carbocycles. The van der Waals surface area contributed by atoms with Crippen molar-refractivity contribution < 1.29 is 9.29 Å². The van der Waals surface area contributed by atoms with Crippen molar-refractivity contribution in [3.63, 3.8) is 0 Å². The highest BCUT2D eigenvalue weighted by molar-refractivity contribution is 7.90. The summed E-state index contributed by atoms with van der Waals surface area (Å²) in [6.07, 6.45) is 11.6. The van der Waals surface area contributed by atoms with E-state index in [1.807, 2.05) is 36.4 Å². The third-order valence-corrected chi connectivity index (χ3v) is 8.51. The van der Waals surface area contributed by atoms with Gasteiger partial charge in [0.2, 0.25) is 11.8 Å². The topological polar surface area (TPSA) is 80.2 Å². The molecule has 2 N–H and O–H groups in total. The number of hydrogen-bond donors (Lipinski definition) is 2. The molecule has 0 bridgehead atoms. The van der Waals surface area contributed by atoms with Gasteiger partial charge in [-0.1, -0.05) is 30.4 Å². The van der Waals surface area contributed by atoms with E-state index in [0.717, 1.165) is 40.9 Å². The number of fused-ring (bicyclic) bond motifs is 1. The standard InChI is InChI=1S/C29H29N4O2S2/c1-29(13-14-29)35-27-26-25(11-10-24(31-26)21-4-3-5-23(16-21)37(2)34)32-28(33-27)30-17-19-6-8-20(9-7-19)22-12-15-36-18-22/h3-8,10-12,15-16,18,20,34H,9,13-14,17H2,1-2H3,(H,30,32,33)/q+1. The summed E-state index contributed by atoms with van der Waals surface area (Å²) in [4.78, 5) is 15.3. The largest absolute Gasteiger partial charge is 0.470 e. The molecule has 0 spiro atoms. The Morgan fingerprint density at radius 2 is 2.05 bits per heavy atom. The quantitative estimate of drug-likeness (QED) is 0.243. The van der Waals surface area contributed by atoms with E-state index in [4.69, 9.17) is 19.7 Å². The van der Waals surface area contributed by atoms with Gasteiger partial charge in [-0.15, -0.1) is 0 Å². The lowest BCUT2D eigenvalue weighted by molar-refractivity contribution is 0.194. The van der Waals surface area contributed by atoms with Crippen molar-refractivity contribution in [2.24, 2.45) is 0 Å². The van der Waals surface area contributed by atoms with Crippen LogP contribution in [0.4, 0.5) is 5.95 Å². The van der Waals surface area contributed by atoms with Crippen molar-refractivity contribution in [2.45, 2.75) is 42.6 Å². The fourth-order valence-electron chi connectivity index (χ4n) is 4.36. The molecule has 2 aliphatic carbocycles. The summed E-state index contributed by atoms with van der Waals surface area (Å²) in [6.45, 7) is 2.75. The van der Waals surface area contributed by atoms with Gasteiger partial charge >= 0.3 is 0 Å². The molecule has 2 unspecified atom stereocenters. The van der Waals surface area contributed by atoms with E-state index in [-0.39, 0.29) is 5.60 Å². The summed E-state index contributed by atoms with van der Waals surface area (Å²) in [7, 11) is 0. The zero-order valence-corrected chi connectivity index (χ0v) is 22.5. The number of hydrogen-bond acceptors (Lipinski definition) is 7. The summed E-state index contributed by atoms with van der Waals surface area (Å²) in [5, 5.41) is 7.75. The number of benzene rings is 1. The number of anilines is 1. The number of thiophene rings is 1. The minimum absolute atomic E-state index is 0.200. The second-order valence-corrected chi connectivity index (χ2v) is 12.1. The van der Waals surface area contributed by atoms with Crippen molar-refractivity contribution in [1.29, 1.82) is 0 Å². The minimum Gasteiger partial charge on any atom is -0.470 e. The van der Waals surface area contributed by atoms with E-state index < -0.39 is 11.2 Å². The van der Waals surface area contributed by atoms with Crippen LogP contribution in [0, 0.1) is 0 Å². The van der Waals surface area contributed by atoms with Gasteiger partial charge in [-0.05, 0) is 72.3 Å². The molecule has 4 aromatic rings. The molecular weight excluding hydrogens is 500 g/mol. The molecule has 37 heavy (non-hydrogen) atoms. The molecule has 1 aromatic carbocycles. The molecule has 2 aliphatic rings. The Hall–Kier alpha value is -3.20. The molecule has 8 heteroatoms. The molecule has 188 valence electrons. The van der Waals surface area contributed by atoms with Crippen LogP contribution in [0.3, 0.4) is 0 Å². The highest BCUT2D eigenvalue weighted by Gasteiger charge is 2.41. The predicted octanol–water partition coefficient (Wildman–Crippen LogP) is 6.85. The van der Waals surface area contributed by atoms with Crippen molar-refractivity contribution in [1.82, 2.24) is 15.0 Å². The second-order valence-electron chi connectivity index (χ2n) is 9.86. The fraction of sp³-hybridized carbons (Fsp3) is 0.276. The van der Waals surface area contributed by atoms with Crippen LogP contribution in [0.25, 0.3) is 22.3 Å². The molecule has 3 heterocycles. The average Bonchev–Trinajstić information content (AvgIpc) is 3.39. The Bertz CT molecular complexity index is 1490. The number of rotatable bonds is 8. The first-order chi connectivity index (χ1) is 18.0. The van der Waals surface area contributed by atoms with Gasteiger partial charge in [0.15, 0.2) is 21.6 Å². The molecule has 0 amide bonds. The van der Waals surface area contributed by atoms with Crippen molar-refractivity contribution >= 4 is 39.5 Å². The lowest BCUT2D eigenvalue weighted by Gasteiger charge is -2.17. The third kappa shape index (κ3) is 5.42. The van der Waals surface area contributed by atoms with Crippen LogP contribution >= 0.6 is 11.3 Å². The highest BCUT2D eigenvalue weighted by Crippen LogP contribution is 2.41. The average molecular weight is 530 g/mol. The van der Waals surface area contributed by atoms with Gasteiger partial charge in [-0.2, -0.15) is 20.9 Å². The first kappa shape index (κ1) is 24.2. The number of nitrogens with zero attached hydrogens (tertiary/aromatic N) is 3. The maximum Gasteiger partial charge on any atom is 0.246 e. The fourth-order valence-corrected chi connectivity index (χ4v) is 5.66. The normalized spacial score (nSPS) is 18.9. The van der Waals surface area contributed by atoms with E-state index in [1.54, 1.807) is 17.6 Å². The first-order valence-corrected chi connectivity index (χ1v) is 15.0. The molecule has 1 fully saturated rings. The highest BCUT2D eigenvalue weighted by atomic mass is 32.2. The maximum atomic E-state index is 10.0. The van der Waals surface area contributed by atoms with E-state index in [1.165, 1.54) is 11.1 Å². The van der Waals surface area contributed by atoms with E-state index >= 15 is 0 Å². The predicted molar refractivity (Wildman–Crippen MR) is 153 cm³/mol. The summed E-state index contributed by atoms with van der Waals surface area (Å²) in [5.41, 5.74) is 5.52. The van der Waals surface area contributed by atoms with Gasteiger partial charge in [0.1, 0.15) is 11.9 Å². The summed E-state index contributed by atoms with van der Waals surface area (Å²) < 4.78 is 16.4. The lowest BCUT2D eigenvalue weighted by Crippen LogP contribution is -2.16. The third-order valence-electron chi connectivity index (χ3n) is 6.88. The molecule has 0 saturated heterocycles. The number of allylic oxidation sites excluding steroid dienone is 2. The van der Waals surface area contributed by atoms with Crippen LogP contribution in [0.5, 0.6) is 5.88 Å². The van der Waals surface area contributed by atoms with Crippen LogP contribution in [-0.2, 0) is 11.2 Å². The monoisotopic (exact) mass is 529 g/mol. The van der Waals surface area contributed by atoms with Crippen LogP contribution in [0.15, 0.2) is 81.9 Å². The van der Waals surface area contributed by atoms with Gasteiger partial charge in [-0.3, -0.25) is 0 Å². The zero-order valence-electron chi connectivity index (χ0n) is 20.8. The molecule has 6 nitrogen and oxygen atoms in total. The Labute approximate surface area is 223 Å². The molecule has 2 atom stereocenters. The van der Waals surface area contributed by atoms with E-state index in [9.17, 15) is 4.55 Å². The SMILES string of the molecule is C[S+](O)c1cccc(-c2ccc3nc(NCC4=CCC(c5ccsc5)C=C4)nc(OC4(C)CC4)c3n2)c1. The molecule has 6 rings (SSSR count). The molecule has 0 radical (unpaired) electrons. The smallest absolute Gasteiger partial charge is 0.246 e. The number of nitrogens with one attached hydrogen (secondary N) is 1. The van der Waals surface area contributed by atoms with Crippen LogP contribution in [0.1, 0.15) is 37.7 Å². The maximum absolute atomic E-state index is 10.0. The van der Waals surface area contributed by atoms with Gasteiger partial charge in [0.05, 0.1) is 11.2 Å². The van der Waals surface area contributed by atoms with Gasteiger partial charge in [0.25, 0.3) is 0 Å². The summed E-state index contributed by atoms with van der Waals surface area (Å²) >= 11 is 0.931. The summed E-state index contributed by atoms with van der Waals surface area (Å²) in [5.74, 6) is 1.50. The van der Waals surface area contributed by atoms with Crippen molar-refractivity contribution in [3.8, 4) is 17.1 Å². The zero-order chi connectivity index (χ0) is 25.4. The Morgan fingerprint density at radius 3 is 2.78 bits per heavy atom. The van der Waals surface area contributed by atoms with Gasteiger partial charge in [-0.25, -0.2) is 9.97 Å². The number of aromatic nitrogens is 3. The van der Waals surface area contributed by atoms with Gasteiger partial charge in [0, 0.05) is 24.1 Å². The molecule has 3 aromatic heterocycles. The minimum atomic E-state index is -0.812. The lowest BCUT2D eigenvalue weighted by atomic mass is 9.92. The van der Waals surface area contributed by atoms with Crippen LogP contribution in [0.2, 0.25) is 0 Å². The summed E-state index contributed by atoms with van der Waals surface area (Å²) in [6, 6.07) is 14.0. The number of ether oxygens (including phenoxy) is 1. The molecular formula is C29H29N4O2S2+. The Kier molecular flexibility index (Phi) is 6.48.